The molecule has 1 aliphatic heterocycles. The van der Waals surface area contributed by atoms with E-state index in [1.165, 1.54) is 6.07 Å². The minimum Gasteiger partial charge on any atom is -0.294 e. The third kappa shape index (κ3) is 2.60. The molecule has 0 aromatic carbocycles. The zero-order valence-electron chi connectivity index (χ0n) is 10.8. The summed E-state index contributed by atoms with van der Waals surface area (Å²) in [6.45, 7) is 3.03. The summed E-state index contributed by atoms with van der Waals surface area (Å²) in [4.78, 5) is 23.2. The fourth-order valence-electron chi connectivity index (χ4n) is 1.96. The lowest BCUT2D eigenvalue weighted by Crippen LogP contribution is -2.59. The highest BCUT2D eigenvalue weighted by atomic mass is 35.5. The quantitative estimate of drug-likeness (QED) is 0.839. The van der Waals surface area contributed by atoms with E-state index in [0.717, 1.165) is 15.6 Å². The number of imide groups is 1. The lowest BCUT2D eigenvalue weighted by atomic mass is 10.2. The first-order valence-corrected chi connectivity index (χ1v) is 8.52. The molecule has 0 aliphatic carbocycles. The summed E-state index contributed by atoms with van der Waals surface area (Å²) in [5, 5.41) is 2.14. The van der Waals surface area contributed by atoms with Crippen LogP contribution in [0.1, 0.15) is 18.9 Å². The van der Waals surface area contributed by atoms with Gasteiger partial charge in [-0.05, 0) is 25.0 Å². The standard InChI is InChI=1S/C11H13ClN2O4S2/c1-3-7-11(16)13-8(15)5-14(7)20(17,18)9-4-6(2)10(12)19-9/h4,7H,3,5H2,1-2H3,(H,13,15,16). The Morgan fingerprint density at radius 2 is 2.15 bits per heavy atom. The average molecular weight is 337 g/mol. The fourth-order valence-corrected chi connectivity index (χ4v) is 5.41. The molecule has 1 aliphatic rings. The van der Waals surface area contributed by atoms with Gasteiger partial charge in [0.15, 0.2) is 0 Å². The molecule has 6 nitrogen and oxygen atoms in total. The minimum atomic E-state index is -3.91. The van der Waals surface area contributed by atoms with Crippen molar-refractivity contribution in [3.05, 3.63) is 16.0 Å². The van der Waals surface area contributed by atoms with Gasteiger partial charge >= 0.3 is 0 Å². The molecule has 0 spiro atoms. The van der Waals surface area contributed by atoms with Crippen molar-refractivity contribution < 1.29 is 18.0 Å². The SMILES string of the molecule is CCC1C(=O)NC(=O)CN1S(=O)(=O)c1cc(C)c(Cl)s1. The Morgan fingerprint density at radius 3 is 2.65 bits per heavy atom. The number of halogens is 1. The number of hydrogen-bond donors (Lipinski definition) is 1. The highest BCUT2D eigenvalue weighted by Crippen LogP contribution is 2.33. The van der Waals surface area contributed by atoms with E-state index < -0.39 is 27.9 Å². The molecule has 0 radical (unpaired) electrons. The third-order valence-corrected chi connectivity index (χ3v) is 6.86. The molecule has 9 heteroatoms. The first-order chi connectivity index (χ1) is 9.27. The van der Waals surface area contributed by atoms with Gasteiger partial charge in [0.1, 0.15) is 10.3 Å². The summed E-state index contributed by atoms with van der Waals surface area (Å²) in [6, 6.07) is 0.574. The van der Waals surface area contributed by atoms with Crippen LogP contribution in [0.3, 0.4) is 0 Å². The molecule has 1 unspecified atom stereocenters. The van der Waals surface area contributed by atoms with Crippen LogP contribution in [0, 0.1) is 6.92 Å². The topological polar surface area (TPSA) is 83.6 Å². The van der Waals surface area contributed by atoms with Crippen molar-refractivity contribution in [1.29, 1.82) is 0 Å². The average Bonchev–Trinajstić information content (AvgIpc) is 2.69. The molecule has 110 valence electrons. The van der Waals surface area contributed by atoms with E-state index in [9.17, 15) is 18.0 Å². The van der Waals surface area contributed by atoms with E-state index in [-0.39, 0.29) is 17.2 Å². The molecule has 1 fully saturated rings. The van der Waals surface area contributed by atoms with E-state index in [4.69, 9.17) is 11.6 Å². The minimum absolute atomic E-state index is 0.0425. The van der Waals surface area contributed by atoms with Crippen LogP contribution in [0.4, 0.5) is 0 Å². The van der Waals surface area contributed by atoms with Crippen LogP contribution in [-0.2, 0) is 19.6 Å². The highest BCUT2D eigenvalue weighted by Gasteiger charge is 2.41. The van der Waals surface area contributed by atoms with Crippen molar-refractivity contribution in [2.24, 2.45) is 0 Å². The molecule has 2 amide bonds. The molecule has 2 heterocycles. The summed E-state index contributed by atoms with van der Waals surface area (Å²) < 4.78 is 26.5. The number of nitrogens with zero attached hydrogens (tertiary/aromatic N) is 1. The molecular formula is C11H13ClN2O4S2. The van der Waals surface area contributed by atoms with Gasteiger partial charge in [-0.2, -0.15) is 4.31 Å². The van der Waals surface area contributed by atoms with E-state index in [0.29, 0.717) is 9.90 Å². The molecule has 0 bridgehead atoms. The number of aryl methyl sites for hydroxylation is 1. The second-order valence-electron chi connectivity index (χ2n) is 4.41. The van der Waals surface area contributed by atoms with E-state index >= 15 is 0 Å². The van der Waals surface area contributed by atoms with E-state index in [2.05, 4.69) is 5.32 Å². The summed E-state index contributed by atoms with van der Waals surface area (Å²) in [6.07, 6.45) is 0.288. The van der Waals surface area contributed by atoms with Gasteiger partial charge in [-0.3, -0.25) is 14.9 Å². The first kappa shape index (κ1) is 15.4. The molecule has 1 aromatic rings. The van der Waals surface area contributed by atoms with Gasteiger partial charge in [0.25, 0.3) is 10.0 Å². The zero-order valence-corrected chi connectivity index (χ0v) is 13.2. The van der Waals surface area contributed by atoms with Gasteiger partial charge in [-0.15, -0.1) is 11.3 Å². The lowest BCUT2D eigenvalue weighted by molar-refractivity contribution is -0.137. The summed E-state index contributed by atoms with van der Waals surface area (Å²) >= 11 is 6.81. The molecule has 1 aromatic heterocycles. The number of carbonyl (C=O) groups excluding carboxylic acids is 2. The van der Waals surface area contributed by atoms with Crippen molar-refractivity contribution in [3.63, 3.8) is 0 Å². The monoisotopic (exact) mass is 336 g/mol. The van der Waals surface area contributed by atoms with E-state index in [1.807, 2.05) is 0 Å². The highest BCUT2D eigenvalue weighted by molar-refractivity contribution is 7.91. The van der Waals surface area contributed by atoms with Gasteiger partial charge in [-0.25, -0.2) is 8.42 Å². The predicted octanol–water partition coefficient (Wildman–Crippen LogP) is 1.14. The zero-order chi connectivity index (χ0) is 15.1. The van der Waals surface area contributed by atoms with Crippen LogP contribution < -0.4 is 5.32 Å². The lowest BCUT2D eigenvalue weighted by Gasteiger charge is -2.31. The molecule has 1 atom stereocenters. The summed E-state index contributed by atoms with van der Waals surface area (Å²) in [5.74, 6) is -1.21. The number of hydrogen-bond acceptors (Lipinski definition) is 5. The van der Waals surface area contributed by atoms with Crippen LogP contribution in [0.15, 0.2) is 10.3 Å². The maximum atomic E-state index is 12.6. The molecule has 2 rings (SSSR count). The van der Waals surface area contributed by atoms with Crippen LogP contribution in [0.2, 0.25) is 4.34 Å². The van der Waals surface area contributed by atoms with Crippen LogP contribution in [-0.4, -0.2) is 37.1 Å². The number of nitrogens with one attached hydrogen (secondary N) is 1. The Morgan fingerprint density at radius 1 is 1.50 bits per heavy atom. The summed E-state index contributed by atoms with van der Waals surface area (Å²) in [5.41, 5.74) is 0.649. The number of piperazine rings is 1. The van der Waals surface area contributed by atoms with Crippen molar-refractivity contribution in [3.8, 4) is 0 Å². The maximum absolute atomic E-state index is 12.6. The Hall–Kier alpha value is -0.960. The second-order valence-corrected chi connectivity index (χ2v) is 8.18. The third-order valence-electron chi connectivity index (χ3n) is 3.00. The van der Waals surface area contributed by atoms with Gasteiger partial charge in [-0.1, -0.05) is 18.5 Å². The molecule has 1 N–H and O–H groups in total. The van der Waals surface area contributed by atoms with Crippen molar-refractivity contribution in [2.45, 2.75) is 30.5 Å². The number of amides is 2. The molecule has 20 heavy (non-hydrogen) atoms. The van der Waals surface area contributed by atoms with Crippen LogP contribution in [0.5, 0.6) is 0 Å². The largest absolute Gasteiger partial charge is 0.294 e. The molecular weight excluding hydrogens is 324 g/mol. The number of rotatable bonds is 3. The van der Waals surface area contributed by atoms with Crippen molar-refractivity contribution in [1.82, 2.24) is 9.62 Å². The molecule has 0 saturated carbocycles. The van der Waals surface area contributed by atoms with Crippen molar-refractivity contribution in [2.75, 3.05) is 6.54 Å². The van der Waals surface area contributed by atoms with Crippen LogP contribution in [0.25, 0.3) is 0 Å². The van der Waals surface area contributed by atoms with E-state index in [1.54, 1.807) is 13.8 Å². The van der Waals surface area contributed by atoms with Gasteiger partial charge in [0.2, 0.25) is 11.8 Å². The van der Waals surface area contributed by atoms with Gasteiger partial charge in [0.05, 0.1) is 10.9 Å². The maximum Gasteiger partial charge on any atom is 0.253 e. The number of thiophene rings is 1. The van der Waals surface area contributed by atoms with Crippen LogP contribution >= 0.6 is 22.9 Å². The Labute approximate surface area is 125 Å². The van der Waals surface area contributed by atoms with Crippen molar-refractivity contribution >= 4 is 44.8 Å². The normalized spacial score (nSPS) is 21.1. The Bertz CT molecular complexity index is 648. The first-order valence-electron chi connectivity index (χ1n) is 5.88. The Kier molecular flexibility index (Phi) is 4.19. The number of carbonyl (C=O) groups is 2. The number of sulfonamides is 1. The van der Waals surface area contributed by atoms with Gasteiger partial charge in [0, 0.05) is 0 Å². The molecule has 1 saturated heterocycles. The Balaban J connectivity index is 2.45. The smallest absolute Gasteiger partial charge is 0.253 e. The van der Waals surface area contributed by atoms with Gasteiger partial charge < -0.3 is 0 Å². The fraction of sp³-hybridized carbons (Fsp3) is 0.455. The second kappa shape index (κ2) is 5.44. The predicted molar refractivity (Wildman–Crippen MR) is 75.2 cm³/mol. The summed E-state index contributed by atoms with van der Waals surface area (Å²) in [7, 11) is -3.91.